The van der Waals surface area contributed by atoms with Crippen molar-refractivity contribution in [3.63, 3.8) is 0 Å². The molecule has 24 heavy (non-hydrogen) atoms. The molecule has 0 radical (unpaired) electrons. The van der Waals surface area contributed by atoms with Crippen molar-refractivity contribution in [2.45, 2.75) is 64.0 Å². The van der Waals surface area contributed by atoms with Gasteiger partial charge in [0.2, 0.25) is 5.91 Å². The van der Waals surface area contributed by atoms with E-state index in [1.165, 1.54) is 12.8 Å². The van der Waals surface area contributed by atoms with Gasteiger partial charge in [0.1, 0.15) is 0 Å². The number of hydrogen-bond acceptors (Lipinski definition) is 3. The van der Waals surface area contributed by atoms with Gasteiger partial charge in [0.05, 0.1) is 12.6 Å². The van der Waals surface area contributed by atoms with Crippen LogP contribution < -0.4 is 10.6 Å². The van der Waals surface area contributed by atoms with E-state index >= 15 is 0 Å². The molecule has 0 bridgehead atoms. The maximum Gasteiger partial charge on any atom is 0.225 e. The predicted octanol–water partition coefficient (Wildman–Crippen LogP) is 1.51. The third-order valence-corrected chi connectivity index (χ3v) is 5.37. The molecule has 2 atom stereocenters. The van der Waals surface area contributed by atoms with Crippen LogP contribution in [0.4, 0.5) is 0 Å². The summed E-state index contributed by atoms with van der Waals surface area (Å²) < 4.78 is 5.64. The van der Waals surface area contributed by atoms with Crippen molar-refractivity contribution in [2.24, 2.45) is 10.9 Å². The van der Waals surface area contributed by atoms with Gasteiger partial charge >= 0.3 is 0 Å². The van der Waals surface area contributed by atoms with E-state index in [0.717, 1.165) is 64.3 Å². The summed E-state index contributed by atoms with van der Waals surface area (Å²) in [6, 6.07) is 0.303. The van der Waals surface area contributed by atoms with Crippen LogP contribution in [0.3, 0.4) is 0 Å². The molecule has 6 heteroatoms. The van der Waals surface area contributed by atoms with Gasteiger partial charge in [-0.25, -0.2) is 0 Å². The average Bonchev–Trinajstić information content (AvgIpc) is 3.33. The first-order valence-corrected chi connectivity index (χ1v) is 9.71. The van der Waals surface area contributed by atoms with Crippen molar-refractivity contribution in [3.8, 4) is 0 Å². The van der Waals surface area contributed by atoms with E-state index in [2.05, 4.69) is 27.4 Å². The zero-order chi connectivity index (χ0) is 16.8. The SMILES string of the molecule is CCNC(=NCC1CCCO1)NC1CCN(C(=O)C2CCCC2)C1. The molecule has 0 aromatic carbocycles. The quantitative estimate of drug-likeness (QED) is 0.590. The number of nitrogens with one attached hydrogen (secondary N) is 2. The zero-order valence-corrected chi connectivity index (χ0v) is 14.9. The number of likely N-dealkylation sites (tertiary alicyclic amines) is 1. The Kier molecular flexibility index (Phi) is 6.35. The summed E-state index contributed by atoms with van der Waals surface area (Å²) in [6.45, 7) is 6.18. The molecule has 0 aromatic rings. The Hall–Kier alpha value is -1.30. The van der Waals surface area contributed by atoms with Crippen LogP contribution in [0.25, 0.3) is 0 Å². The van der Waals surface area contributed by atoms with E-state index in [1.807, 2.05) is 0 Å². The van der Waals surface area contributed by atoms with Gasteiger partial charge in [0.15, 0.2) is 5.96 Å². The molecule has 1 saturated carbocycles. The van der Waals surface area contributed by atoms with E-state index < -0.39 is 0 Å². The van der Waals surface area contributed by atoms with Crippen LogP contribution in [-0.4, -0.2) is 61.7 Å². The molecule has 2 saturated heterocycles. The first kappa shape index (κ1) is 17.5. The molecule has 3 rings (SSSR count). The molecule has 0 spiro atoms. The fraction of sp³-hybridized carbons (Fsp3) is 0.889. The van der Waals surface area contributed by atoms with Crippen LogP contribution in [0.5, 0.6) is 0 Å². The molecular weight excluding hydrogens is 304 g/mol. The van der Waals surface area contributed by atoms with Gasteiger partial charge in [-0.3, -0.25) is 9.79 Å². The number of guanidine groups is 1. The summed E-state index contributed by atoms with van der Waals surface area (Å²) in [5.41, 5.74) is 0. The molecule has 1 amide bonds. The molecule has 2 aliphatic heterocycles. The van der Waals surface area contributed by atoms with Gasteiger partial charge in [0.25, 0.3) is 0 Å². The van der Waals surface area contributed by atoms with Crippen LogP contribution in [0.2, 0.25) is 0 Å². The number of carbonyl (C=O) groups excluding carboxylic acids is 1. The predicted molar refractivity (Wildman–Crippen MR) is 95.0 cm³/mol. The van der Waals surface area contributed by atoms with E-state index in [4.69, 9.17) is 4.74 Å². The lowest BCUT2D eigenvalue weighted by Gasteiger charge is -2.21. The molecular formula is C18H32N4O2. The number of nitrogens with zero attached hydrogens (tertiary/aromatic N) is 2. The summed E-state index contributed by atoms with van der Waals surface area (Å²) in [4.78, 5) is 19.3. The third-order valence-electron chi connectivity index (χ3n) is 5.37. The lowest BCUT2D eigenvalue weighted by molar-refractivity contribution is -0.134. The standard InChI is InChI=1S/C18H32N4O2/c1-2-19-18(20-12-16-8-5-11-24-16)21-15-9-10-22(13-15)17(23)14-6-3-4-7-14/h14-16H,2-13H2,1H3,(H2,19,20,21). The summed E-state index contributed by atoms with van der Waals surface area (Å²) >= 11 is 0. The highest BCUT2D eigenvalue weighted by molar-refractivity contribution is 5.81. The van der Waals surface area contributed by atoms with E-state index in [-0.39, 0.29) is 12.0 Å². The van der Waals surface area contributed by atoms with Crippen molar-refractivity contribution in [3.05, 3.63) is 0 Å². The summed E-state index contributed by atoms with van der Waals surface area (Å²) in [5, 5.41) is 6.82. The zero-order valence-electron chi connectivity index (χ0n) is 14.9. The fourth-order valence-electron chi connectivity index (χ4n) is 4.00. The lowest BCUT2D eigenvalue weighted by Crippen LogP contribution is -2.45. The molecule has 2 N–H and O–H groups in total. The minimum Gasteiger partial charge on any atom is -0.376 e. The van der Waals surface area contributed by atoms with Crippen LogP contribution in [0, 0.1) is 5.92 Å². The van der Waals surface area contributed by atoms with Crippen LogP contribution in [-0.2, 0) is 9.53 Å². The van der Waals surface area contributed by atoms with Gasteiger partial charge in [-0.15, -0.1) is 0 Å². The Morgan fingerprint density at radius 3 is 2.75 bits per heavy atom. The van der Waals surface area contributed by atoms with Crippen molar-refractivity contribution >= 4 is 11.9 Å². The second-order valence-corrected chi connectivity index (χ2v) is 7.25. The maximum absolute atomic E-state index is 12.5. The normalized spacial score (nSPS) is 28.5. The second-order valence-electron chi connectivity index (χ2n) is 7.25. The van der Waals surface area contributed by atoms with Crippen molar-refractivity contribution in [1.29, 1.82) is 0 Å². The van der Waals surface area contributed by atoms with Crippen LogP contribution in [0.15, 0.2) is 4.99 Å². The number of ether oxygens (including phenoxy) is 1. The molecule has 2 heterocycles. The maximum atomic E-state index is 12.5. The van der Waals surface area contributed by atoms with Gasteiger partial charge in [-0.2, -0.15) is 0 Å². The lowest BCUT2D eigenvalue weighted by atomic mass is 10.1. The molecule has 136 valence electrons. The van der Waals surface area contributed by atoms with Crippen molar-refractivity contribution < 1.29 is 9.53 Å². The largest absolute Gasteiger partial charge is 0.376 e. The smallest absolute Gasteiger partial charge is 0.225 e. The Labute approximate surface area is 145 Å². The fourth-order valence-corrected chi connectivity index (χ4v) is 4.00. The van der Waals surface area contributed by atoms with E-state index in [1.54, 1.807) is 0 Å². The monoisotopic (exact) mass is 336 g/mol. The number of amides is 1. The summed E-state index contributed by atoms with van der Waals surface area (Å²) in [6.07, 6.45) is 8.12. The van der Waals surface area contributed by atoms with E-state index in [0.29, 0.717) is 18.5 Å². The van der Waals surface area contributed by atoms with Gasteiger partial charge in [-0.1, -0.05) is 12.8 Å². The van der Waals surface area contributed by atoms with Crippen LogP contribution in [0.1, 0.15) is 51.9 Å². The van der Waals surface area contributed by atoms with E-state index in [9.17, 15) is 4.79 Å². The number of aliphatic imine (C=N–C) groups is 1. The highest BCUT2D eigenvalue weighted by Gasteiger charge is 2.32. The minimum atomic E-state index is 0.268. The molecule has 3 aliphatic rings. The molecule has 3 fully saturated rings. The molecule has 0 aromatic heterocycles. The van der Waals surface area contributed by atoms with Crippen molar-refractivity contribution in [1.82, 2.24) is 15.5 Å². The number of hydrogen-bond donors (Lipinski definition) is 2. The van der Waals surface area contributed by atoms with Gasteiger partial charge in [-0.05, 0) is 39.0 Å². The summed E-state index contributed by atoms with van der Waals surface area (Å²) in [7, 11) is 0. The van der Waals surface area contributed by atoms with Gasteiger partial charge in [0, 0.05) is 38.2 Å². The average molecular weight is 336 g/mol. The second kappa shape index (κ2) is 8.70. The molecule has 1 aliphatic carbocycles. The Morgan fingerprint density at radius 1 is 1.21 bits per heavy atom. The number of rotatable bonds is 5. The number of carbonyl (C=O) groups is 1. The highest BCUT2D eigenvalue weighted by Crippen LogP contribution is 2.27. The highest BCUT2D eigenvalue weighted by atomic mass is 16.5. The molecule has 2 unspecified atom stereocenters. The molecule has 6 nitrogen and oxygen atoms in total. The van der Waals surface area contributed by atoms with Gasteiger partial charge < -0.3 is 20.3 Å². The third kappa shape index (κ3) is 4.62. The summed E-state index contributed by atoms with van der Waals surface area (Å²) in [5.74, 6) is 1.51. The first-order chi connectivity index (χ1) is 11.8. The Morgan fingerprint density at radius 2 is 2.04 bits per heavy atom. The van der Waals surface area contributed by atoms with Crippen LogP contribution >= 0.6 is 0 Å². The first-order valence-electron chi connectivity index (χ1n) is 9.71. The Balaban J connectivity index is 1.47. The minimum absolute atomic E-state index is 0.268. The topological polar surface area (TPSA) is 66.0 Å². The van der Waals surface area contributed by atoms with Crippen molar-refractivity contribution in [2.75, 3.05) is 32.8 Å². The Bertz CT molecular complexity index is 442.